The van der Waals surface area contributed by atoms with E-state index in [2.05, 4.69) is 66.9 Å². The predicted molar refractivity (Wildman–Crippen MR) is 77.0 cm³/mol. The van der Waals surface area contributed by atoms with Crippen LogP contribution in [0, 0.1) is 0 Å². The van der Waals surface area contributed by atoms with Gasteiger partial charge in [-0.25, -0.2) is 0 Å². The molecule has 0 N–H and O–H groups in total. The summed E-state index contributed by atoms with van der Waals surface area (Å²) in [4.78, 5) is 2.25. The van der Waals surface area contributed by atoms with Crippen LogP contribution in [0.25, 0.3) is 0 Å². The van der Waals surface area contributed by atoms with Gasteiger partial charge in [-0.3, -0.25) is 0 Å². The van der Waals surface area contributed by atoms with Crippen LogP contribution in [0.4, 0.5) is 0 Å². The van der Waals surface area contributed by atoms with Gasteiger partial charge in [0.15, 0.2) is 0 Å². The minimum atomic E-state index is 0.337. The maximum atomic E-state index is 3.93. The van der Waals surface area contributed by atoms with Gasteiger partial charge >= 0.3 is 0 Å². The van der Waals surface area contributed by atoms with Gasteiger partial charge in [0.2, 0.25) is 0 Å². The molecule has 0 fully saturated rings. The number of benzene rings is 2. The van der Waals surface area contributed by atoms with E-state index in [1.807, 2.05) is 18.3 Å². The first kappa shape index (κ1) is 12.4. The molecule has 0 saturated carbocycles. The summed E-state index contributed by atoms with van der Waals surface area (Å²) in [7, 11) is 0. The summed E-state index contributed by atoms with van der Waals surface area (Å²) in [5.41, 5.74) is 2.62. The van der Waals surface area contributed by atoms with E-state index in [1.54, 1.807) is 0 Å². The van der Waals surface area contributed by atoms with Crippen molar-refractivity contribution in [3.63, 3.8) is 0 Å². The quantitative estimate of drug-likeness (QED) is 0.745. The van der Waals surface area contributed by atoms with Gasteiger partial charge in [-0.15, -0.1) is 0 Å². The highest BCUT2D eigenvalue weighted by Crippen LogP contribution is 2.22. The standard InChI is InChI=1S/C17H19N/c1-3-18(14-16-10-6-4-7-11-16)15(2)17-12-8-5-9-13-17/h3-13,15H,1,14H2,2H3/t15-/m0/s1. The maximum Gasteiger partial charge on any atom is 0.0512 e. The molecule has 0 amide bonds. The molecule has 0 aromatic heterocycles. The Bertz CT molecular complexity index is 475. The van der Waals surface area contributed by atoms with E-state index in [0.717, 1.165) is 6.54 Å². The minimum absolute atomic E-state index is 0.337. The molecule has 1 nitrogen and oxygen atoms in total. The second-order valence-electron chi connectivity index (χ2n) is 4.43. The lowest BCUT2D eigenvalue weighted by Crippen LogP contribution is -2.20. The van der Waals surface area contributed by atoms with Crippen molar-refractivity contribution in [2.75, 3.05) is 0 Å². The van der Waals surface area contributed by atoms with Crippen molar-refractivity contribution in [2.45, 2.75) is 19.5 Å². The van der Waals surface area contributed by atoms with Gasteiger partial charge in [-0.05, 0) is 24.3 Å². The first-order valence-corrected chi connectivity index (χ1v) is 6.28. The Morgan fingerprint density at radius 1 is 1.00 bits per heavy atom. The Kier molecular flexibility index (Phi) is 4.19. The molecule has 2 rings (SSSR count). The van der Waals surface area contributed by atoms with E-state index in [9.17, 15) is 0 Å². The van der Waals surface area contributed by atoms with Gasteiger partial charge in [-0.2, -0.15) is 0 Å². The lowest BCUT2D eigenvalue weighted by atomic mass is 10.1. The largest absolute Gasteiger partial charge is 0.367 e. The molecule has 0 aliphatic heterocycles. The second-order valence-corrected chi connectivity index (χ2v) is 4.43. The molecule has 0 radical (unpaired) electrons. The van der Waals surface area contributed by atoms with E-state index in [4.69, 9.17) is 0 Å². The average molecular weight is 237 g/mol. The molecule has 0 aliphatic carbocycles. The maximum absolute atomic E-state index is 3.93. The van der Waals surface area contributed by atoms with Gasteiger partial charge in [0, 0.05) is 6.54 Å². The van der Waals surface area contributed by atoms with Crippen molar-refractivity contribution in [3.05, 3.63) is 84.6 Å². The molecule has 0 heterocycles. The Hall–Kier alpha value is -2.02. The molecule has 2 aromatic rings. The zero-order valence-electron chi connectivity index (χ0n) is 10.8. The minimum Gasteiger partial charge on any atom is -0.367 e. The molecule has 1 heteroatoms. The van der Waals surface area contributed by atoms with Crippen LogP contribution in [0.2, 0.25) is 0 Å². The predicted octanol–water partition coefficient (Wildman–Crippen LogP) is 4.39. The molecule has 0 aliphatic rings. The van der Waals surface area contributed by atoms with E-state index >= 15 is 0 Å². The van der Waals surface area contributed by atoms with Crippen molar-refractivity contribution in [3.8, 4) is 0 Å². The normalized spacial score (nSPS) is 11.8. The third-order valence-corrected chi connectivity index (χ3v) is 3.22. The van der Waals surface area contributed by atoms with Gasteiger partial charge in [0.1, 0.15) is 0 Å². The summed E-state index contributed by atoms with van der Waals surface area (Å²) in [5, 5.41) is 0. The zero-order chi connectivity index (χ0) is 12.8. The zero-order valence-corrected chi connectivity index (χ0v) is 10.8. The van der Waals surface area contributed by atoms with Gasteiger partial charge in [0.25, 0.3) is 0 Å². The summed E-state index contributed by atoms with van der Waals surface area (Å²) < 4.78 is 0. The van der Waals surface area contributed by atoms with Crippen LogP contribution in [-0.4, -0.2) is 4.90 Å². The summed E-state index contributed by atoms with van der Waals surface area (Å²) in [6, 6.07) is 21.3. The lowest BCUT2D eigenvalue weighted by Gasteiger charge is -2.28. The van der Waals surface area contributed by atoms with Gasteiger partial charge < -0.3 is 4.90 Å². The van der Waals surface area contributed by atoms with Gasteiger partial charge in [0.05, 0.1) is 6.04 Å². The molecule has 0 spiro atoms. The summed E-state index contributed by atoms with van der Waals surface area (Å²) in [6.45, 7) is 7.03. The summed E-state index contributed by atoms with van der Waals surface area (Å²) in [6.07, 6.45) is 1.92. The fourth-order valence-electron chi connectivity index (χ4n) is 2.08. The SMILES string of the molecule is C=CN(Cc1ccccc1)[C@@H](C)c1ccccc1. The van der Waals surface area contributed by atoms with Crippen molar-refractivity contribution < 1.29 is 0 Å². The molecule has 2 aromatic carbocycles. The molecule has 18 heavy (non-hydrogen) atoms. The molecular weight excluding hydrogens is 218 g/mol. The van der Waals surface area contributed by atoms with E-state index in [1.165, 1.54) is 11.1 Å². The molecule has 92 valence electrons. The highest BCUT2D eigenvalue weighted by Gasteiger charge is 2.11. The van der Waals surface area contributed by atoms with Crippen LogP contribution in [0.3, 0.4) is 0 Å². The fraction of sp³-hybridized carbons (Fsp3) is 0.176. The van der Waals surface area contributed by atoms with Crippen LogP contribution in [0.1, 0.15) is 24.1 Å². The highest BCUT2D eigenvalue weighted by atomic mass is 15.1. The van der Waals surface area contributed by atoms with Crippen molar-refractivity contribution in [1.82, 2.24) is 4.90 Å². The smallest absolute Gasteiger partial charge is 0.0512 e. The lowest BCUT2D eigenvalue weighted by molar-refractivity contribution is 0.291. The van der Waals surface area contributed by atoms with Crippen LogP contribution < -0.4 is 0 Å². The monoisotopic (exact) mass is 237 g/mol. The van der Waals surface area contributed by atoms with Crippen LogP contribution >= 0.6 is 0 Å². The first-order chi connectivity index (χ1) is 8.81. The third kappa shape index (κ3) is 3.01. The van der Waals surface area contributed by atoms with E-state index in [-0.39, 0.29) is 0 Å². The molecule has 0 unspecified atom stereocenters. The number of hydrogen-bond donors (Lipinski definition) is 0. The molecule has 0 saturated heterocycles. The Balaban J connectivity index is 2.12. The average Bonchev–Trinajstić information content (AvgIpc) is 2.46. The highest BCUT2D eigenvalue weighted by molar-refractivity contribution is 5.20. The van der Waals surface area contributed by atoms with Gasteiger partial charge in [-0.1, -0.05) is 67.2 Å². The van der Waals surface area contributed by atoms with E-state index < -0.39 is 0 Å². The molecular formula is C17H19N. The van der Waals surface area contributed by atoms with Crippen LogP contribution in [0.15, 0.2) is 73.4 Å². The van der Waals surface area contributed by atoms with Crippen molar-refractivity contribution in [2.24, 2.45) is 0 Å². The van der Waals surface area contributed by atoms with Crippen LogP contribution in [0.5, 0.6) is 0 Å². The van der Waals surface area contributed by atoms with Crippen molar-refractivity contribution >= 4 is 0 Å². The fourth-order valence-corrected chi connectivity index (χ4v) is 2.08. The molecule has 1 atom stereocenters. The first-order valence-electron chi connectivity index (χ1n) is 6.28. The third-order valence-electron chi connectivity index (χ3n) is 3.22. The topological polar surface area (TPSA) is 3.24 Å². The Morgan fingerprint density at radius 3 is 2.11 bits per heavy atom. The Labute approximate surface area is 109 Å². The number of hydrogen-bond acceptors (Lipinski definition) is 1. The summed E-state index contributed by atoms with van der Waals surface area (Å²) in [5.74, 6) is 0. The Morgan fingerprint density at radius 2 is 1.56 bits per heavy atom. The summed E-state index contributed by atoms with van der Waals surface area (Å²) >= 11 is 0. The number of rotatable bonds is 5. The second kappa shape index (κ2) is 6.06. The number of nitrogens with zero attached hydrogens (tertiary/aromatic N) is 1. The van der Waals surface area contributed by atoms with Crippen LogP contribution in [-0.2, 0) is 6.54 Å². The van der Waals surface area contributed by atoms with E-state index in [0.29, 0.717) is 6.04 Å². The molecule has 0 bridgehead atoms. The van der Waals surface area contributed by atoms with Crippen molar-refractivity contribution in [1.29, 1.82) is 0 Å².